The molecule has 3 aromatic heterocycles. The van der Waals surface area contributed by atoms with Crippen molar-refractivity contribution in [2.45, 2.75) is 68.9 Å². The number of piperidine rings is 1. The van der Waals surface area contributed by atoms with E-state index in [2.05, 4.69) is 65.7 Å². The number of aliphatic hydroxyl groups excluding tert-OH is 2. The number of carbonyl (C=O) groups is 2. The summed E-state index contributed by atoms with van der Waals surface area (Å²) in [6.07, 6.45) is 3.29. The Morgan fingerprint density at radius 3 is 2.22 bits per heavy atom. The molecule has 5 aromatic rings. The second-order valence-electron chi connectivity index (χ2n) is 14.1. The van der Waals surface area contributed by atoms with Crippen LogP contribution >= 0.6 is 0 Å². The number of nitrogens with one attached hydrogen (secondary N) is 5. The van der Waals surface area contributed by atoms with Gasteiger partial charge in [-0.05, 0) is 42.5 Å². The molecule has 1 aliphatic heterocycles. The van der Waals surface area contributed by atoms with Gasteiger partial charge in [0.1, 0.15) is 18.0 Å². The van der Waals surface area contributed by atoms with Crippen LogP contribution in [0.5, 0.6) is 0 Å². The van der Waals surface area contributed by atoms with E-state index in [-0.39, 0.29) is 30.3 Å². The number of hydrogen-bond acceptors (Lipinski definition) is 11. The van der Waals surface area contributed by atoms with E-state index in [4.69, 9.17) is 9.97 Å². The zero-order chi connectivity index (χ0) is 38.1. The maximum absolute atomic E-state index is 12.8. The zero-order valence-electron chi connectivity index (χ0n) is 30.9. The number of anilines is 3. The SMILES string of the molecule is CCC(=O)N[C@H]1C[C@@H](n2cnc3c(NCC(c4ccccc4)c4ccccc4)nc(NCCNC(=O)NC4CCN(c5ccccn5)CC4)nc32)[C@H](O)[C@@H]1O. The molecule has 15 heteroatoms. The quantitative estimate of drug-likeness (QED) is 0.0824. The number of benzene rings is 2. The van der Waals surface area contributed by atoms with Crippen LogP contribution < -0.4 is 31.5 Å². The Hall–Kier alpha value is -5.80. The lowest BCUT2D eigenvalue weighted by Gasteiger charge is -2.33. The summed E-state index contributed by atoms with van der Waals surface area (Å²) in [5.74, 6) is 1.56. The maximum Gasteiger partial charge on any atom is 0.315 e. The fourth-order valence-corrected chi connectivity index (χ4v) is 7.48. The van der Waals surface area contributed by atoms with E-state index in [1.807, 2.05) is 54.6 Å². The van der Waals surface area contributed by atoms with E-state index < -0.39 is 24.3 Å². The molecular formula is C40H49N11O4. The highest BCUT2D eigenvalue weighted by Crippen LogP contribution is 2.35. The van der Waals surface area contributed by atoms with Gasteiger partial charge in [-0.25, -0.2) is 14.8 Å². The van der Waals surface area contributed by atoms with Crippen LogP contribution in [0.4, 0.5) is 22.4 Å². The van der Waals surface area contributed by atoms with Crippen molar-refractivity contribution in [3.63, 3.8) is 0 Å². The second-order valence-corrected chi connectivity index (χ2v) is 14.1. The third kappa shape index (κ3) is 8.95. The molecule has 55 heavy (non-hydrogen) atoms. The Morgan fingerprint density at radius 1 is 0.836 bits per heavy atom. The maximum atomic E-state index is 12.8. The highest BCUT2D eigenvalue weighted by atomic mass is 16.3. The Labute approximate surface area is 320 Å². The summed E-state index contributed by atoms with van der Waals surface area (Å²) in [5.41, 5.74) is 3.24. The molecule has 2 aliphatic rings. The first kappa shape index (κ1) is 37.5. The number of aliphatic hydroxyl groups is 2. The van der Waals surface area contributed by atoms with Gasteiger partial charge in [-0.3, -0.25) is 4.79 Å². The number of aromatic nitrogens is 5. The number of carbonyl (C=O) groups excluding carboxylic acids is 2. The number of urea groups is 1. The average Bonchev–Trinajstić information content (AvgIpc) is 3.77. The average molecular weight is 748 g/mol. The molecule has 15 nitrogen and oxygen atoms in total. The molecule has 1 aliphatic carbocycles. The standard InChI is InChI=1S/C40H49N11O4/c1-2-33(52)47-30-23-31(36(54)35(30)53)51-25-45-34-37(44-24-29(26-11-5-3-6-12-26)27-13-7-4-8-14-27)48-39(49-38(34)51)42-19-20-43-40(55)46-28-16-21-50(22-17-28)32-15-9-10-18-41-32/h3-15,18,25,28-31,35-36,53-54H,2,16-17,19-24H2,1H3,(H,47,52)(H2,43,46,55)(H2,42,44,48,49)/t30-,31+,35+,36-/m0/s1. The van der Waals surface area contributed by atoms with Gasteiger partial charge >= 0.3 is 6.03 Å². The number of pyridine rings is 1. The molecule has 288 valence electrons. The van der Waals surface area contributed by atoms with Crippen LogP contribution in [0.15, 0.2) is 91.4 Å². The van der Waals surface area contributed by atoms with Crippen LogP contribution in [0.25, 0.3) is 11.2 Å². The van der Waals surface area contributed by atoms with Crippen LogP contribution in [0, 0.1) is 0 Å². The number of rotatable bonds is 14. The first-order chi connectivity index (χ1) is 26.9. The second kappa shape index (κ2) is 17.6. The minimum Gasteiger partial charge on any atom is -0.388 e. The summed E-state index contributed by atoms with van der Waals surface area (Å²) in [5, 5.41) is 37.7. The van der Waals surface area contributed by atoms with Crippen LogP contribution in [0.2, 0.25) is 0 Å². The van der Waals surface area contributed by atoms with Crippen molar-refractivity contribution in [3.8, 4) is 0 Å². The van der Waals surface area contributed by atoms with E-state index in [0.717, 1.165) is 42.9 Å². The molecule has 0 radical (unpaired) electrons. The molecule has 3 amide bonds. The predicted molar refractivity (Wildman–Crippen MR) is 211 cm³/mol. The van der Waals surface area contributed by atoms with Crippen LogP contribution in [0.3, 0.4) is 0 Å². The number of imidazole rings is 1. The normalized spacial score (nSPS) is 20.0. The minimum absolute atomic E-state index is 0.00519. The molecule has 0 unspecified atom stereocenters. The lowest BCUT2D eigenvalue weighted by atomic mass is 9.91. The van der Waals surface area contributed by atoms with Crippen molar-refractivity contribution < 1.29 is 19.8 Å². The fourth-order valence-electron chi connectivity index (χ4n) is 7.48. The summed E-state index contributed by atoms with van der Waals surface area (Å²) in [6.45, 7) is 4.54. The third-order valence-corrected chi connectivity index (χ3v) is 10.5. The fraction of sp³-hybridized carbons (Fsp3) is 0.400. The van der Waals surface area contributed by atoms with E-state index in [9.17, 15) is 19.8 Å². The molecule has 1 saturated heterocycles. The zero-order valence-corrected chi connectivity index (χ0v) is 30.9. The Bertz CT molecular complexity index is 1970. The largest absolute Gasteiger partial charge is 0.388 e. The van der Waals surface area contributed by atoms with Gasteiger partial charge in [0.05, 0.1) is 18.4 Å². The number of nitrogens with zero attached hydrogens (tertiary/aromatic N) is 6. The van der Waals surface area contributed by atoms with Gasteiger partial charge in [0, 0.05) is 57.3 Å². The minimum atomic E-state index is -1.16. The number of hydrogen-bond donors (Lipinski definition) is 7. The summed E-state index contributed by atoms with van der Waals surface area (Å²) in [6, 6.07) is 25.0. The van der Waals surface area contributed by atoms with Gasteiger partial charge < -0.3 is 46.3 Å². The lowest BCUT2D eigenvalue weighted by molar-refractivity contribution is -0.122. The molecule has 7 rings (SSSR count). The number of fused-ring (bicyclic) bond motifs is 1. The van der Waals surface area contributed by atoms with Crippen molar-refractivity contribution >= 4 is 40.7 Å². The topological polar surface area (TPSA) is 194 Å². The van der Waals surface area contributed by atoms with Crippen molar-refractivity contribution in [2.24, 2.45) is 0 Å². The van der Waals surface area contributed by atoms with Crippen molar-refractivity contribution in [1.82, 2.24) is 40.5 Å². The smallest absolute Gasteiger partial charge is 0.315 e. The van der Waals surface area contributed by atoms with Crippen molar-refractivity contribution in [3.05, 3.63) is 103 Å². The molecule has 2 fully saturated rings. The van der Waals surface area contributed by atoms with Crippen molar-refractivity contribution in [2.75, 3.05) is 48.3 Å². The first-order valence-corrected chi connectivity index (χ1v) is 19.1. The first-order valence-electron chi connectivity index (χ1n) is 19.1. The van der Waals surface area contributed by atoms with E-state index in [0.29, 0.717) is 49.0 Å². The van der Waals surface area contributed by atoms with Crippen LogP contribution in [-0.4, -0.2) is 104 Å². The third-order valence-electron chi connectivity index (χ3n) is 10.5. The van der Waals surface area contributed by atoms with Gasteiger partial charge in [0.2, 0.25) is 11.9 Å². The van der Waals surface area contributed by atoms with Crippen molar-refractivity contribution in [1.29, 1.82) is 0 Å². The van der Waals surface area contributed by atoms with E-state index in [1.54, 1.807) is 24.0 Å². The molecule has 4 atom stereocenters. The molecular weight excluding hydrogens is 699 g/mol. The Morgan fingerprint density at radius 2 is 1.55 bits per heavy atom. The molecule has 7 N–H and O–H groups in total. The van der Waals surface area contributed by atoms with Crippen LogP contribution in [0.1, 0.15) is 55.7 Å². The van der Waals surface area contributed by atoms with Gasteiger partial charge in [-0.1, -0.05) is 73.7 Å². The van der Waals surface area contributed by atoms with Gasteiger partial charge in [-0.15, -0.1) is 0 Å². The Balaban J connectivity index is 1.05. The summed E-state index contributed by atoms with van der Waals surface area (Å²) >= 11 is 0. The van der Waals surface area contributed by atoms with Gasteiger partial charge in [0.15, 0.2) is 17.0 Å². The monoisotopic (exact) mass is 747 g/mol. The molecule has 0 spiro atoms. The van der Waals surface area contributed by atoms with Crippen LogP contribution in [-0.2, 0) is 4.79 Å². The van der Waals surface area contributed by atoms with E-state index in [1.165, 1.54) is 0 Å². The van der Waals surface area contributed by atoms with Gasteiger partial charge in [-0.2, -0.15) is 9.97 Å². The number of amides is 3. The van der Waals surface area contributed by atoms with Gasteiger partial charge in [0.25, 0.3) is 0 Å². The summed E-state index contributed by atoms with van der Waals surface area (Å²) < 4.78 is 1.75. The lowest BCUT2D eigenvalue weighted by Crippen LogP contribution is -2.48. The predicted octanol–water partition coefficient (Wildman–Crippen LogP) is 3.41. The molecule has 4 heterocycles. The highest BCUT2D eigenvalue weighted by molar-refractivity contribution is 5.84. The molecule has 0 bridgehead atoms. The summed E-state index contributed by atoms with van der Waals surface area (Å²) in [7, 11) is 0. The van der Waals surface area contributed by atoms with E-state index >= 15 is 0 Å². The molecule has 2 aromatic carbocycles. The summed E-state index contributed by atoms with van der Waals surface area (Å²) in [4.78, 5) is 46.0. The Kier molecular flexibility index (Phi) is 12.0. The highest BCUT2D eigenvalue weighted by Gasteiger charge is 2.43. The molecule has 1 saturated carbocycles.